The summed E-state index contributed by atoms with van der Waals surface area (Å²) in [4.78, 5) is 48.2. The van der Waals surface area contributed by atoms with Crippen LogP contribution in [-0.2, 0) is 9.47 Å². The zero-order chi connectivity index (χ0) is 23.9. The first kappa shape index (κ1) is 27.1. The molecular weight excluding hydrogens is 416 g/mol. The molecule has 0 atom stereocenters. The van der Waals surface area contributed by atoms with E-state index in [1.165, 1.54) is 0 Å². The minimum absolute atomic E-state index is 0.103. The number of esters is 2. The molecule has 1 rings (SSSR count). The fourth-order valence-corrected chi connectivity index (χ4v) is 3.19. The lowest BCUT2D eigenvalue weighted by Crippen LogP contribution is -2.19. The first-order valence-corrected chi connectivity index (χ1v) is 11.3. The standard InChI is InChI=1S/C24H34O8/c1-3-5-7-9-11-13-31-23(29)19-15-18(22(27)28)20(16-17(19)21(25)26)24(30)32-14-12-10-8-6-4-2/h15-16H,3-14H2,1-2H3,(H,25,26)(H,27,28). The van der Waals surface area contributed by atoms with Crippen molar-refractivity contribution in [2.75, 3.05) is 13.2 Å². The summed E-state index contributed by atoms with van der Waals surface area (Å²) in [7, 11) is 0. The second-order valence-corrected chi connectivity index (χ2v) is 7.65. The number of rotatable bonds is 16. The van der Waals surface area contributed by atoms with Gasteiger partial charge in [0, 0.05) is 0 Å². The molecule has 0 saturated heterocycles. The van der Waals surface area contributed by atoms with Crippen LogP contribution < -0.4 is 0 Å². The van der Waals surface area contributed by atoms with Gasteiger partial charge in [-0.05, 0) is 25.0 Å². The average molecular weight is 451 g/mol. The molecule has 0 aliphatic rings. The maximum absolute atomic E-state index is 12.4. The minimum Gasteiger partial charge on any atom is -0.478 e. The number of carbonyl (C=O) groups is 4. The highest BCUT2D eigenvalue weighted by molar-refractivity contribution is 6.09. The lowest BCUT2D eigenvalue weighted by atomic mass is 9.98. The van der Waals surface area contributed by atoms with Gasteiger partial charge in [-0.1, -0.05) is 65.2 Å². The van der Waals surface area contributed by atoms with Crippen molar-refractivity contribution in [3.63, 3.8) is 0 Å². The predicted octanol–water partition coefficient (Wildman–Crippen LogP) is 5.34. The van der Waals surface area contributed by atoms with E-state index in [-0.39, 0.29) is 13.2 Å². The van der Waals surface area contributed by atoms with Crippen LogP contribution in [0.2, 0.25) is 0 Å². The molecule has 0 aliphatic heterocycles. The van der Waals surface area contributed by atoms with Crippen molar-refractivity contribution in [1.82, 2.24) is 0 Å². The van der Waals surface area contributed by atoms with E-state index in [0.717, 1.165) is 63.5 Å². The average Bonchev–Trinajstić information content (AvgIpc) is 2.77. The summed E-state index contributed by atoms with van der Waals surface area (Å²) in [6, 6.07) is 1.76. The monoisotopic (exact) mass is 450 g/mol. The number of hydrogen-bond donors (Lipinski definition) is 2. The van der Waals surface area contributed by atoms with Crippen LogP contribution in [-0.4, -0.2) is 47.3 Å². The van der Waals surface area contributed by atoms with Gasteiger partial charge in [-0.3, -0.25) is 0 Å². The van der Waals surface area contributed by atoms with Gasteiger partial charge in [0.05, 0.1) is 35.5 Å². The number of benzene rings is 1. The van der Waals surface area contributed by atoms with E-state index in [9.17, 15) is 29.4 Å². The summed E-state index contributed by atoms with van der Waals surface area (Å²) >= 11 is 0. The molecule has 0 spiro atoms. The molecule has 0 unspecified atom stereocenters. The zero-order valence-corrected chi connectivity index (χ0v) is 19.0. The predicted molar refractivity (Wildman–Crippen MR) is 118 cm³/mol. The Kier molecular flexibility index (Phi) is 12.7. The maximum atomic E-state index is 12.4. The van der Waals surface area contributed by atoms with Gasteiger partial charge in [0.1, 0.15) is 0 Å². The Bertz CT molecular complexity index is 719. The van der Waals surface area contributed by atoms with E-state index >= 15 is 0 Å². The Morgan fingerprint density at radius 3 is 1.25 bits per heavy atom. The molecule has 1 aromatic rings. The van der Waals surface area contributed by atoms with Crippen molar-refractivity contribution in [2.24, 2.45) is 0 Å². The lowest BCUT2D eigenvalue weighted by molar-refractivity contribution is 0.0472. The molecule has 0 fully saturated rings. The molecule has 1 aromatic carbocycles. The van der Waals surface area contributed by atoms with E-state index in [1.54, 1.807) is 0 Å². The highest BCUT2D eigenvalue weighted by Crippen LogP contribution is 2.21. The molecule has 8 heteroatoms. The quantitative estimate of drug-likeness (QED) is 0.255. The molecule has 0 saturated carbocycles. The highest BCUT2D eigenvalue weighted by atomic mass is 16.5. The van der Waals surface area contributed by atoms with Crippen LogP contribution in [0.1, 0.15) is 119 Å². The van der Waals surface area contributed by atoms with Crippen LogP contribution in [0.15, 0.2) is 12.1 Å². The number of aromatic carboxylic acids is 2. The smallest absolute Gasteiger partial charge is 0.339 e. The highest BCUT2D eigenvalue weighted by Gasteiger charge is 2.27. The van der Waals surface area contributed by atoms with Gasteiger partial charge < -0.3 is 19.7 Å². The van der Waals surface area contributed by atoms with Crippen molar-refractivity contribution in [3.05, 3.63) is 34.4 Å². The third-order valence-corrected chi connectivity index (χ3v) is 5.02. The van der Waals surface area contributed by atoms with Gasteiger partial charge in [0.15, 0.2) is 0 Å². The van der Waals surface area contributed by atoms with Gasteiger partial charge in [0.2, 0.25) is 0 Å². The summed E-state index contributed by atoms with van der Waals surface area (Å²) in [6.45, 7) is 4.37. The first-order valence-electron chi connectivity index (χ1n) is 11.3. The number of carboxylic acid groups (broad SMARTS) is 2. The van der Waals surface area contributed by atoms with Crippen LogP contribution in [0.5, 0.6) is 0 Å². The molecule has 0 aliphatic carbocycles. The van der Waals surface area contributed by atoms with E-state index in [2.05, 4.69) is 13.8 Å². The van der Waals surface area contributed by atoms with Gasteiger partial charge in [-0.25, -0.2) is 19.2 Å². The molecule has 0 bridgehead atoms. The van der Waals surface area contributed by atoms with Gasteiger partial charge in [-0.2, -0.15) is 0 Å². The molecule has 32 heavy (non-hydrogen) atoms. The Hall–Kier alpha value is -2.90. The third-order valence-electron chi connectivity index (χ3n) is 5.02. The van der Waals surface area contributed by atoms with E-state index < -0.39 is 46.1 Å². The third kappa shape index (κ3) is 9.08. The zero-order valence-electron chi connectivity index (χ0n) is 19.0. The Morgan fingerprint density at radius 1 is 0.594 bits per heavy atom. The second-order valence-electron chi connectivity index (χ2n) is 7.65. The van der Waals surface area contributed by atoms with Crippen molar-refractivity contribution in [1.29, 1.82) is 0 Å². The van der Waals surface area contributed by atoms with Gasteiger partial charge in [0.25, 0.3) is 0 Å². The van der Waals surface area contributed by atoms with E-state index in [4.69, 9.17) is 9.47 Å². The van der Waals surface area contributed by atoms with Crippen LogP contribution >= 0.6 is 0 Å². The Labute approximate surface area is 188 Å². The van der Waals surface area contributed by atoms with E-state index in [0.29, 0.717) is 12.8 Å². The molecule has 0 heterocycles. The second kappa shape index (κ2) is 15.0. The summed E-state index contributed by atoms with van der Waals surface area (Å²) in [5.41, 5.74) is -1.80. The molecule has 178 valence electrons. The number of ether oxygens (including phenoxy) is 2. The summed E-state index contributed by atoms with van der Waals surface area (Å²) < 4.78 is 10.3. The SMILES string of the molecule is CCCCCCCOC(=O)c1cc(C(=O)O)c(C(=O)OCCCCCCC)cc1C(=O)O. The van der Waals surface area contributed by atoms with Gasteiger partial charge >= 0.3 is 23.9 Å². The van der Waals surface area contributed by atoms with Crippen LogP contribution in [0.4, 0.5) is 0 Å². The maximum Gasteiger partial charge on any atom is 0.339 e. The molecule has 0 amide bonds. The molecule has 0 radical (unpaired) electrons. The fourth-order valence-electron chi connectivity index (χ4n) is 3.19. The normalized spacial score (nSPS) is 10.6. The molecular formula is C24H34O8. The van der Waals surface area contributed by atoms with Crippen LogP contribution in [0.3, 0.4) is 0 Å². The van der Waals surface area contributed by atoms with Gasteiger partial charge in [-0.15, -0.1) is 0 Å². The summed E-state index contributed by atoms with van der Waals surface area (Å²) in [5, 5.41) is 19.0. The van der Waals surface area contributed by atoms with Crippen molar-refractivity contribution >= 4 is 23.9 Å². The number of carbonyl (C=O) groups excluding carboxylic acids is 2. The van der Waals surface area contributed by atoms with Crippen molar-refractivity contribution in [2.45, 2.75) is 78.1 Å². The minimum atomic E-state index is -1.47. The molecule has 0 aromatic heterocycles. The topological polar surface area (TPSA) is 127 Å². The summed E-state index contributed by atoms with van der Waals surface area (Å²) in [5.74, 6) is -4.80. The Morgan fingerprint density at radius 2 is 0.938 bits per heavy atom. The van der Waals surface area contributed by atoms with E-state index in [1.807, 2.05) is 0 Å². The molecule has 8 nitrogen and oxygen atoms in total. The number of carboxylic acids is 2. The first-order chi connectivity index (χ1) is 15.3. The number of unbranched alkanes of at least 4 members (excludes halogenated alkanes) is 8. The lowest BCUT2D eigenvalue weighted by Gasteiger charge is -2.12. The molecule has 2 N–H and O–H groups in total. The van der Waals surface area contributed by atoms with Crippen LogP contribution in [0.25, 0.3) is 0 Å². The summed E-state index contributed by atoms with van der Waals surface area (Å²) in [6.07, 6.45) is 9.32. The largest absolute Gasteiger partial charge is 0.478 e. The van der Waals surface area contributed by atoms with Crippen molar-refractivity contribution < 1.29 is 38.9 Å². The fraction of sp³-hybridized carbons (Fsp3) is 0.583. The van der Waals surface area contributed by atoms with Crippen molar-refractivity contribution in [3.8, 4) is 0 Å². The number of hydrogen-bond acceptors (Lipinski definition) is 6. The van der Waals surface area contributed by atoms with Crippen LogP contribution in [0, 0.1) is 0 Å². The Balaban J connectivity index is 2.94.